The number of nitrogens with zero attached hydrogens (tertiary/aromatic N) is 4. The van der Waals surface area contributed by atoms with Crippen LogP contribution in [0.1, 0.15) is 15.9 Å². The first-order valence-electron chi connectivity index (χ1n) is 5.63. The van der Waals surface area contributed by atoms with E-state index in [0.717, 1.165) is 11.8 Å². The van der Waals surface area contributed by atoms with Crippen LogP contribution in [0.2, 0.25) is 0 Å². The Morgan fingerprint density at radius 1 is 1.00 bits per heavy atom. The van der Waals surface area contributed by atoms with Crippen molar-refractivity contribution in [2.24, 2.45) is 10.3 Å². The lowest BCUT2D eigenvalue weighted by molar-refractivity contribution is 0.112. The molecule has 6 nitrogen and oxygen atoms in total. The van der Waals surface area contributed by atoms with E-state index in [-0.39, 0.29) is 0 Å². The summed E-state index contributed by atoms with van der Waals surface area (Å²) in [6.45, 7) is 0. The van der Waals surface area contributed by atoms with Crippen LogP contribution in [0.3, 0.4) is 0 Å². The molecule has 0 bridgehead atoms. The minimum absolute atomic E-state index is 0.512. The van der Waals surface area contributed by atoms with Crippen LogP contribution >= 0.6 is 0 Å². The van der Waals surface area contributed by atoms with Gasteiger partial charge in [-0.05, 0) is 11.1 Å². The van der Waals surface area contributed by atoms with Gasteiger partial charge in [-0.25, -0.2) is 0 Å². The van der Waals surface area contributed by atoms with Crippen molar-refractivity contribution >= 4 is 18.2 Å². The SMILES string of the molecule is ON=Cc1ccccc1.[N-]=[N+]=Nc1ccc(C=O)cc1. The van der Waals surface area contributed by atoms with Gasteiger partial charge in [0.05, 0.1) is 6.21 Å². The number of oxime groups is 1. The highest BCUT2D eigenvalue weighted by Gasteiger charge is 1.88. The van der Waals surface area contributed by atoms with Gasteiger partial charge in [-0.1, -0.05) is 64.9 Å². The van der Waals surface area contributed by atoms with Gasteiger partial charge in [0.15, 0.2) is 0 Å². The minimum Gasteiger partial charge on any atom is -0.411 e. The van der Waals surface area contributed by atoms with Gasteiger partial charge < -0.3 is 5.21 Å². The summed E-state index contributed by atoms with van der Waals surface area (Å²) in [6.07, 6.45) is 2.12. The quantitative estimate of drug-likeness (QED) is 0.173. The summed E-state index contributed by atoms with van der Waals surface area (Å²) in [5, 5.41) is 14.3. The van der Waals surface area contributed by atoms with Crippen LogP contribution in [-0.4, -0.2) is 17.7 Å². The number of carbonyl (C=O) groups excluding carboxylic acids is 1. The maximum absolute atomic E-state index is 10.2. The molecule has 0 unspecified atom stereocenters. The van der Waals surface area contributed by atoms with Gasteiger partial charge in [0.2, 0.25) is 0 Å². The Hall–Kier alpha value is -3.11. The van der Waals surface area contributed by atoms with Crippen LogP contribution in [-0.2, 0) is 0 Å². The van der Waals surface area contributed by atoms with Crippen LogP contribution in [0.15, 0.2) is 64.9 Å². The third-order valence-corrected chi connectivity index (χ3v) is 2.20. The number of rotatable bonds is 3. The number of carbonyl (C=O) groups is 1. The van der Waals surface area contributed by atoms with Crippen molar-refractivity contribution in [3.8, 4) is 0 Å². The van der Waals surface area contributed by atoms with Crippen molar-refractivity contribution in [2.45, 2.75) is 0 Å². The van der Waals surface area contributed by atoms with Gasteiger partial charge in [0.1, 0.15) is 6.29 Å². The number of hydrogen-bond donors (Lipinski definition) is 1. The summed E-state index contributed by atoms with van der Waals surface area (Å²) in [5.41, 5.74) is 10.0. The smallest absolute Gasteiger partial charge is 0.150 e. The van der Waals surface area contributed by atoms with E-state index in [1.54, 1.807) is 24.3 Å². The van der Waals surface area contributed by atoms with Crippen molar-refractivity contribution in [3.05, 3.63) is 76.2 Å². The molecule has 0 spiro atoms. The van der Waals surface area contributed by atoms with Crippen LogP contribution < -0.4 is 0 Å². The summed E-state index contributed by atoms with van der Waals surface area (Å²) < 4.78 is 0. The molecule has 0 atom stereocenters. The predicted molar refractivity (Wildman–Crippen MR) is 76.5 cm³/mol. The predicted octanol–water partition coefficient (Wildman–Crippen LogP) is 3.94. The van der Waals surface area contributed by atoms with Crippen molar-refractivity contribution < 1.29 is 10.0 Å². The molecule has 0 fully saturated rings. The van der Waals surface area contributed by atoms with E-state index in [1.165, 1.54) is 6.21 Å². The van der Waals surface area contributed by atoms with Crippen molar-refractivity contribution in [2.75, 3.05) is 0 Å². The molecule has 0 amide bonds. The molecule has 6 heteroatoms. The number of hydrogen-bond acceptors (Lipinski definition) is 4. The second-order valence-electron chi connectivity index (χ2n) is 3.55. The Balaban J connectivity index is 0.000000204. The second kappa shape index (κ2) is 8.91. The molecule has 100 valence electrons. The Morgan fingerprint density at radius 2 is 1.65 bits per heavy atom. The summed E-state index contributed by atoms with van der Waals surface area (Å²) in [7, 11) is 0. The lowest BCUT2D eigenvalue weighted by Gasteiger charge is -1.89. The fourth-order valence-electron chi connectivity index (χ4n) is 1.28. The fourth-order valence-corrected chi connectivity index (χ4v) is 1.28. The fraction of sp³-hybridized carbons (Fsp3) is 0. The van der Waals surface area contributed by atoms with Gasteiger partial charge in [-0.2, -0.15) is 0 Å². The zero-order valence-corrected chi connectivity index (χ0v) is 10.5. The maximum Gasteiger partial charge on any atom is 0.150 e. The average Bonchev–Trinajstić information content (AvgIpc) is 2.50. The highest BCUT2D eigenvalue weighted by atomic mass is 16.4. The van der Waals surface area contributed by atoms with Crippen LogP contribution in [0.4, 0.5) is 5.69 Å². The van der Waals surface area contributed by atoms with Crippen molar-refractivity contribution in [1.82, 2.24) is 0 Å². The van der Waals surface area contributed by atoms with E-state index in [4.69, 9.17) is 10.7 Å². The molecule has 0 heterocycles. The van der Waals surface area contributed by atoms with E-state index in [1.807, 2.05) is 30.3 Å². The highest BCUT2D eigenvalue weighted by Crippen LogP contribution is 2.11. The third-order valence-electron chi connectivity index (χ3n) is 2.20. The third kappa shape index (κ3) is 5.48. The standard InChI is InChI=1S/C7H5N3O.C7H7NO/c8-10-9-7-3-1-6(5-11)2-4-7;9-8-6-7-4-2-1-3-5-7/h1-5H;1-6,9H. The Bertz CT molecular complexity index is 603. The molecule has 0 radical (unpaired) electrons. The summed E-state index contributed by atoms with van der Waals surface area (Å²) in [6, 6.07) is 15.8. The second-order valence-corrected chi connectivity index (χ2v) is 3.55. The molecule has 2 rings (SSSR count). The van der Waals surface area contributed by atoms with Crippen LogP contribution in [0.5, 0.6) is 0 Å². The molecule has 1 N–H and O–H groups in total. The summed E-state index contributed by atoms with van der Waals surface area (Å²) in [4.78, 5) is 12.8. The molecule has 0 saturated carbocycles. The van der Waals surface area contributed by atoms with Gasteiger partial charge in [-0.3, -0.25) is 4.79 Å². The Labute approximate surface area is 115 Å². The normalized spacial score (nSPS) is 9.20. The number of azide groups is 1. The molecular formula is C14H12N4O2. The van der Waals surface area contributed by atoms with Crippen LogP contribution in [0.25, 0.3) is 10.4 Å². The van der Waals surface area contributed by atoms with Crippen molar-refractivity contribution in [3.63, 3.8) is 0 Å². The largest absolute Gasteiger partial charge is 0.411 e. The average molecular weight is 268 g/mol. The monoisotopic (exact) mass is 268 g/mol. The molecule has 20 heavy (non-hydrogen) atoms. The van der Waals surface area contributed by atoms with E-state index in [0.29, 0.717) is 11.3 Å². The van der Waals surface area contributed by atoms with Gasteiger partial charge >= 0.3 is 0 Å². The molecular weight excluding hydrogens is 256 g/mol. The Kier molecular flexibility index (Phi) is 6.66. The van der Waals surface area contributed by atoms with E-state index >= 15 is 0 Å². The Morgan fingerprint density at radius 3 is 2.15 bits per heavy atom. The van der Waals surface area contributed by atoms with Gasteiger partial charge in [-0.15, -0.1) is 0 Å². The van der Waals surface area contributed by atoms with Gasteiger partial charge in [0.25, 0.3) is 0 Å². The summed E-state index contributed by atoms with van der Waals surface area (Å²) >= 11 is 0. The topological polar surface area (TPSA) is 98.4 Å². The molecule has 2 aromatic carbocycles. The van der Waals surface area contributed by atoms with Crippen LogP contribution in [0, 0.1) is 0 Å². The number of benzene rings is 2. The molecule has 2 aromatic rings. The van der Waals surface area contributed by atoms with E-state index in [9.17, 15) is 4.79 Å². The van der Waals surface area contributed by atoms with Gasteiger partial charge in [0, 0.05) is 16.2 Å². The summed E-state index contributed by atoms with van der Waals surface area (Å²) in [5.74, 6) is 0. The lowest BCUT2D eigenvalue weighted by atomic mass is 10.2. The number of aldehydes is 1. The van der Waals surface area contributed by atoms with E-state index < -0.39 is 0 Å². The van der Waals surface area contributed by atoms with Crippen molar-refractivity contribution in [1.29, 1.82) is 0 Å². The van der Waals surface area contributed by atoms with E-state index in [2.05, 4.69) is 15.2 Å². The highest BCUT2D eigenvalue weighted by molar-refractivity contribution is 5.78. The zero-order valence-electron chi connectivity index (χ0n) is 10.5. The first-order valence-corrected chi connectivity index (χ1v) is 5.63. The molecule has 0 aliphatic rings. The lowest BCUT2D eigenvalue weighted by Crippen LogP contribution is -1.76. The molecule has 0 aromatic heterocycles. The first-order chi connectivity index (χ1) is 9.80. The molecule has 0 saturated heterocycles. The first kappa shape index (κ1) is 14.9. The molecule has 0 aliphatic carbocycles. The molecule has 0 aliphatic heterocycles. The maximum atomic E-state index is 10.2. The minimum atomic E-state index is 0.512. The zero-order chi connectivity index (χ0) is 14.6.